The van der Waals surface area contributed by atoms with Crippen molar-refractivity contribution in [3.05, 3.63) is 17.0 Å². The summed E-state index contributed by atoms with van der Waals surface area (Å²) < 4.78 is 0. The van der Waals surface area contributed by atoms with Crippen molar-refractivity contribution >= 4 is 5.95 Å². The number of fused-ring (bicyclic) bond motifs is 2. The smallest absolute Gasteiger partial charge is 0.225 e. The molecule has 1 saturated heterocycles. The minimum absolute atomic E-state index is 0.721. The molecule has 0 radical (unpaired) electrons. The molecule has 0 saturated carbocycles. The molecule has 3 rings (SSSR count). The molecule has 1 aliphatic carbocycles. The van der Waals surface area contributed by atoms with Gasteiger partial charge in [-0.25, -0.2) is 9.97 Å². The van der Waals surface area contributed by atoms with Crippen LogP contribution in [0.2, 0.25) is 0 Å². The molecule has 1 aromatic rings. The number of anilines is 1. The molecule has 2 heterocycles. The van der Waals surface area contributed by atoms with Gasteiger partial charge in [-0.2, -0.15) is 0 Å². The third-order valence-electron chi connectivity index (χ3n) is 5.10. The summed E-state index contributed by atoms with van der Waals surface area (Å²) in [5.41, 5.74) is 3.92. The van der Waals surface area contributed by atoms with Crippen LogP contribution in [0.5, 0.6) is 0 Å². The summed E-state index contributed by atoms with van der Waals surface area (Å²) in [6, 6.07) is 0.721. The van der Waals surface area contributed by atoms with Gasteiger partial charge in [-0.05, 0) is 63.6 Å². The van der Waals surface area contributed by atoms with Crippen molar-refractivity contribution in [2.75, 3.05) is 32.1 Å². The number of hydrogen-bond acceptors (Lipinski definition) is 4. The summed E-state index contributed by atoms with van der Waals surface area (Å²) in [4.78, 5) is 14.3. The van der Waals surface area contributed by atoms with Gasteiger partial charge in [-0.1, -0.05) is 6.92 Å². The van der Waals surface area contributed by atoms with Crippen LogP contribution >= 0.6 is 0 Å². The highest BCUT2D eigenvalue weighted by atomic mass is 15.2. The minimum atomic E-state index is 0.721. The first-order valence-corrected chi connectivity index (χ1v) is 8.38. The summed E-state index contributed by atoms with van der Waals surface area (Å²) in [7, 11) is 4.05. The van der Waals surface area contributed by atoms with Crippen LogP contribution in [0.3, 0.4) is 0 Å². The number of hydrogen-bond donors (Lipinski definition) is 0. The number of piperidine rings is 1. The molecule has 0 bridgehead atoms. The third-order valence-corrected chi connectivity index (χ3v) is 5.10. The highest BCUT2D eigenvalue weighted by molar-refractivity contribution is 5.38. The Bertz CT molecular complexity index is 510. The van der Waals surface area contributed by atoms with Crippen molar-refractivity contribution in [1.29, 1.82) is 0 Å². The molecule has 0 spiro atoms. The van der Waals surface area contributed by atoms with Crippen LogP contribution < -0.4 is 4.90 Å². The van der Waals surface area contributed by atoms with Gasteiger partial charge in [0.2, 0.25) is 5.95 Å². The zero-order valence-electron chi connectivity index (χ0n) is 13.9. The van der Waals surface area contributed by atoms with Gasteiger partial charge < -0.3 is 4.90 Å². The number of rotatable bonds is 3. The van der Waals surface area contributed by atoms with Crippen molar-refractivity contribution in [2.24, 2.45) is 5.92 Å². The van der Waals surface area contributed by atoms with E-state index in [0.29, 0.717) is 0 Å². The Balaban J connectivity index is 1.91. The van der Waals surface area contributed by atoms with E-state index in [1.807, 2.05) is 19.0 Å². The molecule has 116 valence electrons. The van der Waals surface area contributed by atoms with E-state index in [1.165, 1.54) is 49.3 Å². The Morgan fingerprint density at radius 1 is 1.24 bits per heavy atom. The van der Waals surface area contributed by atoms with Gasteiger partial charge in [0, 0.05) is 31.5 Å². The first kappa shape index (κ1) is 14.8. The third kappa shape index (κ3) is 2.78. The summed E-state index contributed by atoms with van der Waals surface area (Å²) in [5, 5.41) is 0. The zero-order valence-corrected chi connectivity index (χ0v) is 13.9. The fourth-order valence-electron chi connectivity index (χ4n) is 4.04. The summed E-state index contributed by atoms with van der Waals surface area (Å²) >= 11 is 0. The maximum Gasteiger partial charge on any atom is 0.225 e. The Hall–Kier alpha value is -1.16. The molecule has 2 aliphatic rings. The molecule has 4 nitrogen and oxygen atoms in total. The molecular weight excluding hydrogens is 260 g/mol. The number of aromatic nitrogens is 2. The first-order valence-electron chi connectivity index (χ1n) is 8.38. The van der Waals surface area contributed by atoms with E-state index in [0.717, 1.165) is 30.7 Å². The summed E-state index contributed by atoms with van der Waals surface area (Å²) in [5.74, 6) is 1.66. The minimum Gasteiger partial charge on any atom is -0.347 e. The van der Waals surface area contributed by atoms with Gasteiger partial charge in [-0.15, -0.1) is 0 Å². The quantitative estimate of drug-likeness (QED) is 0.855. The monoisotopic (exact) mass is 288 g/mol. The number of nitrogens with zero attached hydrogens (tertiary/aromatic N) is 4. The van der Waals surface area contributed by atoms with Gasteiger partial charge in [0.15, 0.2) is 0 Å². The molecule has 21 heavy (non-hydrogen) atoms. The highest BCUT2D eigenvalue weighted by Gasteiger charge is 2.36. The molecule has 1 aliphatic heterocycles. The zero-order chi connectivity index (χ0) is 15.0. The maximum absolute atomic E-state index is 4.83. The van der Waals surface area contributed by atoms with Gasteiger partial charge in [-0.3, -0.25) is 4.90 Å². The summed E-state index contributed by atoms with van der Waals surface area (Å²) in [6.07, 6.45) is 6.26. The molecule has 0 N–H and O–H groups in total. The molecule has 1 fully saturated rings. The van der Waals surface area contributed by atoms with Crippen molar-refractivity contribution in [3.63, 3.8) is 0 Å². The number of likely N-dealkylation sites (tertiary alicyclic amines) is 1. The van der Waals surface area contributed by atoms with Crippen LogP contribution in [0.4, 0.5) is 5.95 Å². The lowest BCUT2D eigenvalue weighted by Gasteiger charge is -2.44. The van der Waals surface area contributed by atoms with Crippen molar-refractivity contribution < 1.29 is 0 Å². The SMILES string of the molecule is CCCN1CCC[C@H]2Cc3nc(N(C)C)nc(C)c3C[C@@H]21. The van der Waals surface area contributed by atoms with E-state index in [4.69, 9.17) is 9.97 Å². The fraction of sp³-hybridized carbons (Fsp3) is 0.765. The summed E-state index contributed by atoms with van der Waals surface area (Å²) in [6.45, 7) is 6.96. The lowest BCUT2D eigenvalue weighted by atomic mass is 9.76. The van der Waals surface area contributed by atoms with Crippen molar-refractivity contribution in [3.8, 4) is 0 Å². The van der Waals surface area contributed by atoms with Crippen LogP contribution in [-0.4, -0.2) is 48.1 Å². The Morgan fingerprint density at radius 3 is 2.76 bits per heavy atom. The van der Waals surface area contributed by atoms with Crippen LogP contribution in [0, 0.1) is 12.8 Å². The van der Waals surface area contributed by atoms with Gasteiger partial charge in [0.25, 0.3) is 0 Å². The normalized spacial score (nSPS) is 25.3. The highest BCUT2D eigenvalue weighted by Crippen LogP contribution is 2.35. The molecule has 0 aromatic carbocycles. The standard InChI is InChI=1S/C17H28N4/c1-5-8-21-9-6-7-13-10-15-14(11-16(13)21)12(2)18-17(19-15)20(3)4/h13,16H,5-11H2,1-4H3/t13-,16-/m0/s1. The predicted octanol–water partition coefficient (Wildman–Crippen LogP) is 2.44. The fourth-order valence-corrected chi connectivity index (χ4v) is 4.04. The first-order chi connectivity index (χ1) is 10.1. The second-order valence-electron chi connectivity index (χ2n) is 6.84. The van der Waals surface area contributed by atoms with E-state index >= 15 is 0 Å². The van der Waals surface area contributed by atoms with Gasteiger partial charge in [0.05, 0.1) is 0 Å². The van der Waals surface area contributed by atoms with Crippen molar-refractivity contribution in [2.45, 2.75) is 52.0 Å². The van der Waals surface area contributed by atoms with E-state index in [-0.39, 0.29) is 0 Å². The second kappa shape index (κ2) is 5.91. The maximum atomic E-state index is 4.83. The van der Waals surface area contributed by atoms with Crippen LogP contribution in [0.25, 0.3) is 0 Å². The molecule has 1 aromatic heterocycles. The molecule has 4 heteroatoms. The largest absolute Gasteiger partial charge is 0.347 e. The van der Waals surface area contributed by atoms with Gasteiger partial charge in [0.1, 0.15) is 0 Å². The van der Waals surface area contributed by atoms with E-state index in [2.05, 4.69) is 18.7 Å². The van der Waals surface area contributed by atoms with E-state index in [1.54, 1.807) is 0 Å². The topological polar surface area (TPSA) is 32.3 Å². The van der Waals surface area contributed by atoms with Crippen LogP contribution in [-0.2, 0) is 12.8 Å². The van der Waals surface area contributed by atoms with Crippen LogP contribution in [0.15, 0.2) is 0 Å². The van der Waals surface area contributed by atoms with E-state index in [9.17, 15) is 0 Å². The predicted molar refractivity (Wildman–Crippen MR) is 86.9 cm³/mol. The number of aryl methyl sites for hydroxylation is 1. The van der Waals surface area contributed by atoms with Crippen molar-refractivity contribution in [1.82, 2.24) is 14.9 Å². The lowest BCUT2D eigenvalue weighted by Crippen LogP contribution is -2.49. The molecular formula is C17H28N4. The average molecular weight is 288 g/mol. The second-order valence-corrected chi connectivity index (χ2v) is 6.84. The molecule has 0 amide bonds. The Labute approximate surface area is 128 Å². The van der Waals surface area contributed by atoms with E-state index < -0.39 is 0 Å². The Kier molecular flexibility index (Phi) is 4.16. The lowest BCUT2D eigenvalue weighted by molar-refractivity contribution is 0.0843. The van der Waals surface area contributed by atoms with Crippen LogP contribution in [0.1, 0.15) is 43.1 Å². The Morgan fingerprint density at radius 2 is 2.05 bits per heavy atom. The molecule has 0 unspecified atom stereocenters. The van der Waals surface area contributed by atoms with Gasteiger partial charge >= 0.3 is 0 Å². The molecule has 2 atom stereocenters. The average Bonchev–Trinajstić information content (AvgIpc) is 2.46.